The van der Waals surface area contributed by atoms with Gasteiger partial charge in [0.15, 0.2) is 0 Å². The Morgan fingerprint density at radius 2 is 1.75 bits per heavy atom. The van der Waals surface area contributed by atoms with E-state index in [4.69, 9.17) is 0 Å². The molecule has 0 N–H and O–H groups in total. The van der Waals surface area contributed by atoms with Crippen LogP contribution in [0.1, 0.15) is 5.56 Å². The molecule has 5 heteroatoms. The molecular formula is C7H7F2O2P. The second kappa shape index (κ2) is 3.23. The Bertz CT molecular complexity index is 304. The highest BCUT2D eigenvalue weighted by Crippen LogP contribution is 2.50. The van der Waals surface area contributed by atoms with Crippen LogP contribution in [0, 0.1) is 6.92 Å². The smallest absolute Gasteiger partial charge is 0.398 e. The first kappa shape index (κ1) is 9.20. The third-order valence-electron chi connectivity index (χ3n) is 1.23. The minimum atomic E-state index is -5.40. The lowest BCUT2D eigenvalue weighted by Gasteiger charge is -2.02. The van der Waals surface area contributed by atoms with Gasteiger partial charge in [0, 0.05) is 0 Å². The highest BCUT2D eigenvalue weighted by molar-refractivity contribution is 7.48. The van der Waals surface area contributed by atoms with Gasteiger partial charge in [-0.3, -0.25) is 0 Å². The predicted molar refractivity (Wildman–Crippen MR) is 41.6 cm³/mol. The van der Waals surface area contributed by atoms with Crippen molar-refractivity contribution < 1.29 is 17.5 Å². The Labute approximate surface area is 68.9 Å². The number of hydrogen-bond donors (Lipinski definition) is 0. The van der Waals surface area contributed by atoms with Gasteiger partial charge in [0.05, 0.1) is 0 Å². The summed E-state index contributed by atoms with van der Waals surface area (Å²) in [6.45, 7) is 1.81. The summed E-state index contributed by atoms with van der Waals surface area (Å²) in [5, 5.41) is 0. The van der Waals surface area contributed by atoms with Crippen molar-refractivity contribution in [1.82, 2.24) is 0 Å². The van der Waals surface area contributed by atoms with Crippen LogP contribution in [-0.4, -0.2) is 0 Å². The fourth-order valence-electron chi connectivity index (χ4n) is 0.722. The molecule has 0 bridgehead atoms. The van der Waals surface area contributed by atoms with Crippen LogP contribution in [0.5, 0.6) is 5.75 Å². The SMILES string of the molecule is Cc1ccc(OP(=O)(F)F)cc1. The Hall–Kier alpha value is -0.890. The standard InChI is InChI=1S/C7H7F2O2P/c1-6-2-4-7(5-3-6)11-12(8,9)10/h2-5H,1H3. The zero-order chi connectivity index (χ0) is 9.19. The van der Waals surface area contributed by atoms with Crippen molar-refractivity contribution in [3.63, 3.8) is 0 Å². The lowest BCUT2D eigenvalue weighted by molar-refractivity contribution is 0.383. The van der Waals surface area contributed by atoms with Crippen molar-refractivity contribution >= 4 is 7.99 Å². The molecule has 0 amide bonds. The van der Waals surface area contributed by atoms with E-state index >= 15 is 0 Å². The molecule has 0 heterocycles. The summed E-state index contributed by atoms with van der Waals surface area (Å²) >= 11 is 0. The van der Waals surface area contributed by atoms with E-state index < -0.39 is 7.99 Å². The first-order valence-corrected chi connectivity index (χ1v) is 4.64. The van der Waals surface area contributed by atoms with E-state index in [1.54, 1.807) is 12.1 Å². The molecule has 12 heavy (non-hydrogen) atoms. The molecule has 0 saturated carbocycles. The summed E-state index contributed by atoms with van der Waals surface area (Å²) in [4.78, 5) is 0. The summed E-state index contributed by atoms with van der Waals surface area (Å²) in [5.74, 6) is -0.0751. The minimum absolute atomic E-state index is 0.0751. The van der Waals surface area contributed by atoms with Crippen molar-refractivity contribution in [3.05, 3.63) is 29.8 Å². The van der Waals surface area contributed by atoms with Gasteiger partial charge < -0.3 is 4.52 Å². The molecule has 0 aliphatic rings. The molecule has 0 radical (unpaired) electrons. The van der Waals surface area contributed by atoms with Crippen molar-refractivity contribution in [1.29, 1.82) is 0 Å². The molecule has 0 saturated heterocycles. The topological polar surface area (TPSA) is 26.3 Å². The fourth-order valence-corrected chi connectivity index (χ4v) is 1.09. The molecule has 0 spiro atoms. The van der Waals surface area contributed by atoms with Gasteiger partial charge in [0.25, 0.3) is 0 Å². The molecule has 66 valence electrons. The molecule has 0 aliphatic carbocycles. The van der Waals surface area contributed by atoms with Gasteiger partial charge >= 0.3 is 7.99 Å². The van der Waals surface area contributed by atoms with Crippen LogP contribution < -0.4 is 4.52 Å². The maximum Gasteiger partial charge on any atom is 0.610 e. The molecule has 1 aromatic rings. The minimum Gasteiger partial charge on any atom is -0.398 e. The van der Waals surface area contributed by atoms with Crippen LogP contribution in [0.25, 0.3) is 0 Å². The second-order valence-electron chi connectivity index (χ2n) is 2.32. The fraction of sp³-hybridized carbons (Fsp3) is 0.143. The zero-order valence-corrected chi connectivity index (χ0v) is 7.22. The Morgan fingerprint density at radius 1 is 1.25 bits per heavy atom. The van der Waals surface area contributed by atoms with Crippen LogP contribution >= 0.6 is 7.99 Å². The number of halogens is 2. The summed E-state index contributed by atoms with van der Waals surface area (Å²) in [7, 11) is -5.40. The Kier molecular flexibility index (Phi) is 2.48. The predicted octanol–water partition coefficient (Wildman–Crippen LogP) is 3.42. The summed E-state index contributed by atoms with van der Waals surface area (Å²) in [6.07, 6.45) is 0. The molecule has 1 aromatic carbocycles. The molecular weight excluding hydrogens is 185 g/mol. The van der Waals surface area contributed by atoms with Gasteiger partial charge in [-0.2, -0.15) is 0 Å². The maximum absolute atomic E-state index is 11.8. The van der Waals surface area contributed by atoms with Crippen molar-refractivity contribution in [2.75, 3.05) is 0 Å². The third kappa shape index (κ3) is 3.01. The monoisotopic (exact) mass is 192 g/mol. The molecule has 0 fully saturated rings. The molecule has 1 rings (SSSR count). The van der Waals surface area contributed by atoms with E-state index in [1.807, 2.05) is 6.92 Å². The molecule has 0 aliphatic heterocycles. The quantitative estimate of drug-likeness (QED) is 0.671. The van der Waals surface area contributed by atoms with E-state index in [2.05, 4.69) is 4.52 Å². The maximum atomic E-state index is 11.8. The number of hydrogen-bond acceptors (Lipinski definition) is 2. The first-order valence-electron chi connectivity index (χ1n) is 3.23. The average molecular weight is 192 g/mol. The van der Waals surface area contributed by atoms with Gasteiger partial charge in [0.2, 0.25) is 0 Å². The second-order valence-corrected chi connectivity index (χ2v) is 3.33. The van der Waals surface area contributed by atoms with Crippen LogP contribution in [0.2, 0.25) is 0 Å². The molecule has 0 aromatic heterocycles. The van der Waals surface area contributed by atoms with Gasteiger partial charge in [0.1, 0.15) is 5.75 Å². The van der Waals surface area contributed by atoms with Crippen LogP contribution in [-0.2, 0) is 4.57 Å². The highest BCUT2D eigenvalue weighted by atomic mass is 31.2. The Balaban J connectivity index is 2.78. The van der Waals surface area contributed by atoms with Crippen molar-refractivity contribution in [2.24, 2.45) is 0 Å². The summed E-state index contributed by atoms with van der Waals surface area (Å²) in [6, 6.07) is 5.90. The van der Waals surface area contributed by atoms with E-state index in [-0.39, 0.29) is 5.75 Å². The third-order valence-corrected chi connectivity index (χ3v) is 1.66. The van der Waals surface area contributed by atoms with E-state index in [1.165, 1.54) is 12.1 Å². The average Bonchev–Trinajstić information content (AvgIpc) is 1.91. The summed E-state index contributed by atoms with van der Waals surface area (Å²) in [5.41, 5.74) is 0.926. The zero-order valence-electron chi connectivity index (χ0n) is 6.33. The van der Waals surface area contributed by atoms with E-state index in [9.17, 15) is 13.0 Å². The van der Waals surface area contributed by atoms with Crippen LogP contribution in [0.15, 0.2) is 24.3 Å². The van der Waals surface area contributed by atoms with Gasteiger partial charge in [-0.25, -0.2) is 4.57 Å². The lowest BCUT2D eigenvalue weighted by atomic mass is 10.2. The Morgan fingerprint density at radius 3 is 2.17 bits per heavy atom. The van der Waals surface area contributed by atoms with Crippen LogP contribution in [0.3, 0.4) is 0 Å². The summed E-state index contributed by atoms with van der Waals surface area (Å²) < 4.78 is 37.5. The highest BCUT2D eigenvalue weighted by Gasteiger charge is 2.22. The number of benzene rings is 1. The molecule has 2 nitrogen and oxygen atoms in total. The van der Waals surface area contributed by atoms with Gasteiger partial charge in [-0.05, 0) is 19.1 Å². The normalized spacial score (nSPS) is 11.2. The van der Waals surface area contributed by atoms with Gasteiger partial charge in [-0.15, -0.1) is 8.39 Å². The molecule has 0 atom stereocenters. The lowest BCUT2D eigenvalue weighted by Crippen LogP contribution is -1.82. The van der Waals surface area contributed by atoms with Crippen molar-refractivity contribution in [3.8, 4) is 5.75 Å². The first-order chi connectivity index (χ1) is 5.47. The number of aryl methyl sites for hydroxylation is 1. The van der Waals surface area contributed by atoms with Crippen LogP contribution in [0.4, 0.5) is 8.39 Å². The van der Waals surface area contributed by atoms with Gasteiger partial charge in [-0.1, -0.05) is 17.7 Å². The number of rotatable bonds is 2. The van der Waals surface area contributed by atoms with E-state index in [0.29, 0.717) is 0 Å². The molecule has 0 unspecified atom stereocenters. The largest absolute Gasteiger partial charge is 0.610 e. The van der Waals surface area contributed by atoms with E-state index in [0.717, 1.165) is 5.56 Å². The van der Waals surface area contributed by atoms with Crippen molar-refractivity contribution in [2.45, 2.75) is 6.92 Å².